The van der Waals surface area contributed by atoms with Gasteiger partial charge in [-0.05, 0) is 29.8 Å². The highest BCUT2D eigenvalue weighted by atomic mass is 35.5. The van der Waals surface area contributed by atoms with E-state index in [-0.39, 0.29) is 29.4 Å². The summed E-state index contributed by atoms with van der Waals surface area (Å²) in [5, 5.41) is 29.6. The number of guanidine groups is 1. The largest absolute Gasteiger partial charge is 0.506 e. The molecular formula is C21H16ClN5O2. The van der Waals surface area contributed by atoms with Gasteiger partial charge >= 0.3 is 0 Å². The number of aliphatic imine (C=N–C) groups is 1. The van der Waals surface area contributed by atoms with E-state index >= 15 is 0 Å². The lowest BCUT2D eigenvalue weighted by atomic mass is 9.94. The number of nitrogens with one attached hydrogen (secondary N) is 1. The Hall–Kier alpha value is -3.63. The van der Waals surface area contributed by atoms with Gasteiger partial charge in [-0.15, -0.1) is 0 Å². The van der Waals surface area contributed by atoms with Crippen molar-refractivity contribution in [1.29, 1.82) is 10.7 Å². The first-order chi connectivity index (χ1) is 13.9. The molecule has 0 saturated heterocycles. The Balaban J connectivity index is 1.90. The number of aromatic nitrogens is 1. The molecule has 7 nitrogen and oxygen atoms in total. The van der Waals surface area contributed by atoms with Gasteiger partial charge in [0, 0.05) is 23.9 Å². The maximum absolute atomic E-state index is 13.0. The Kier molecular flexibility index (Phi) is 4.57. The van der Waals surface area contributed by atoms with E-state index in [0.29, 0.717) is 15.9 Å². The lowest BCUT2D eigenvalue weighted by Gasteiger charge is -2.30. The first-order valence-electron chi connectivity index (χ1n) is 8.84. The zero-order valence-electron chi connectivity index (χ0n) is 15.4. The Morgan fingerprint density at radius 3 is 2.62 bits per heavy atom. The topological polar surface area (TPSA) is 105 Å². The van der Waals surface area contributed by atoms with Crippen LogP contribution in [0.4, 0.5) is 0 Å². The van der Waals surface area contributed by atoms with Crippen molar-refractivity contribution < 1.29 is 5.11 Å². The Morgan fingerprint density at radius 2 is 1.93 bits per heavy atom. The molecule has 3 aromatic rings. The molecule has 2 N–H and O–H groups in total. The van der Waals surface area contributed by atoms with Crippen LogP contribution < -0.4 is 5.56 Å². The zero-order chi connectivity index (χ0) is 20.7. The summed E-state index contributed by atoms with van der Waals surface area (Å²) in [5.74, 6) is -0.459. The highest BCUT2D eigenvalue weighted by Gasteiger charge is 2.32. The van der Waals surface area contributed by atoms with Gasteiger partial charge in [-0.25, -0.2) is 9.89 Å². The minimum Gasteiger partial charge on any atom is -0.506 e. The van der Waals surface area contributed by atoms with Crippen molar-refractivity contribution in [3.8, 4) is 11.9 Å². The molecule has 0 fully saturated rings. The SMILES string of the molecule is Cn1c(=O)c(C2=NC(=N)N(C#N)[C@H](c3ccc(Cl)cc3)C2)c(O)c2ccccc21. The van der Waals surface area contributed by atoms with Crippen LogP contribution in [0.15, 0.2) is 58.3 Å². The van der Waals surface area contributed by atoms with Gasteiger partial charge in [0.1, 0.15) is 11.3 Å². The number of hydrogen-bond acceptors (Lipinski definition) is 4. The number of nitriles is 1. The van der Waals surface area contributed by atoms with Crippen molar-refractivity contribution in [3.05, 3.63) is 75.0 Å². The van der Waals surface area contributed by atoms with Crippen LogP contribution in [0.3, 0.4) is 0 Å². The molecule has 0 bridgehead atoms. The molecule has 0 aliphatic carbocycles. The van der Waals surface area contributed by atoms with Crippen molar-refractivity contribution in [3.63, 3.8) is 0 Å². The second-order valence-electron chi connectivity index (χ2n) is 6.73. The van der Waals surface area contributed by atoms with Gasteiger partial charge in [-0.1, -0.05) is 35.9 Å². The number of para-hydroxylation sites is 1. The number of aromatic hydroxyl groups is 1. The quantitative estimate of drug-likeness (QED) is 0.636. The lowest BCUT2D eigenvalue weighted by Crippen LogP contribution is -2.37. The van der Waals surface area contributed by atoms with Crippen LogP contribution in [0, 0.1) is 16.9 Å². The van der Waals surface area contributed by atoms with E-state index in [0.717, 1.165) is 5.56 Å². The average molecular weight is 406 g/mol. The molecule has 0 spiro atoms. The van der Waals surface area contributed by atoms with Crippen LogP contribution in [0.25, 0.3) is 10.9 Å². The standard InChI is InChI=1S/C21H16ClN5O2/c1-26-16-5-3-2-4-14(16)19(28)18(20(26)29)15-10-17(27(11-23)21(24)25-15)12-6-8-13(22)9-7-12/h2-9,17,24,28H,10H2,1H3/t17-/m0/s1. The molecular weight excluding hydrogens is 390 g/mol. The maximum atomic E-state index is 13.0. The number of fused-ring (bicyclic) bond motifs is 1. The van der Waals surface area contributed by atoms with Crippen molar-refractivity contribution in [1.82, 2.24) is 9.47 Å². The first kappa shape index (κ1) is 18.7. The predicted molar refractivity (Wildman–Crippen MR) is 111 cm³/mol. The van der Waals surface area contributed by atoms with E-state index in [4.69, 9.17) is 17.0 Å². The van der Waals surface area contributed by atoms with Crippen LogP contribution >= 0.6 is 11.6 Å². The molecule has 1 aliphatic rings. The molecule has 8 heteroatoms. The zero-order valence-corrected chi connectivity index (χ0v) is 16.2. The number of nitrogens with zero attached hydrogens (tertiary/aromatic N) is 4. The number of benzene rings is 2. The third kappa shape index (κ3) is 3.04. The maximum Gasteiger partial charge on any atom is 0.263 e. The number of rotatable bonds is 2. The molecule has 0 unspecified atom stereocenters. The Labute approximate surface area is 171 Å². The lowest BCUT2D eigenvalue weighted by molar-refractivity contribution is 0.420. The van der Waals surface area contributed by atoms with E-state index in [2.05, 4.69) is 4.99 Å². The first-order valence-corrected chi connectivity index (χ1v) is 9.21. The van der Waals surface area contributed by atoms with E-state index in [1.54, 1.807) is 55.6 Å². The van der Waals surface area contributed by atoms with Crippen LogP contribution in [-0.4, -0.2) is 26.2 Å². The second-order valence-corrected chi connectivity index (χ2v) is 7.16. The second kappa shape index (κ2) is 7.08. The summed E-state index contributed by atoms with van der Waals surface area (Å²) in [6.45, 7) is 0. The fourth-order valence-corrected chi connectivity index (χ4v) is 3.74. The number of pyridine rings is 1. The summed E-state index contributed by atoms with van der Waals surface area (Å²) in [7, 11) is 1.63. The summed E-state index contributed by atoms with van der Waals surface area (Å²) in [6, 6.07) is 13.4. The summed E-state index contributed by atoms with van der Waals surface area (Å²) in [5.41, 5.74) is 1.26. The Bertz CT molecular complexity index is 1270. The molecule has 0 saturated carbocycles. The van der Waals surface area contributed by atoms with Crippen LogP contribution in [0.5, 0.6) is 5.75 Å². The highest BCUT2D eigenvalue weighted by Crippen LogP contribution is 2.34. The minimum atomic E-state index is -0.534. The molecule has 1 aliphatic heterocycles. The molecule has 0 radical (unpaired) electrons. The van der Waals surface area contributed by atoms with Gasteiger partial charge in [-0.3, -0.25) is 10.2 Å². The number of hydrogen-bond donors (Lipinski definition) is 2. The van der Waals surface area contributed by atoms with E-state index < -0.39 is 11.6 Å². The summed E-state index contributed by atoms with van der Waals surface area (Å²) in [6.07, 6.45) is 2.16. The van der Waals surface area contributed by atoms with E-state index in [1.807, 2.05) is 6.19 Å². The van der Waals surface area contributed by atoms with Crippen LogP contribution in [0.1, 0.15) is 23.6 Å². The molecule has 4 rings (SSSR count). The molecule has 0 amide bonds. The predicted octanol–water partition coefficient (Wildman–Crippen LogP) is 3.55. The third-order valence-corrected chi connectivity index (χ3v) is 5.35. The smallest absolute Gasteiger partial charge is 0.263 e. The number of halogens is 1. The van der Waals surface area contributed by atoms with Gasteiger partial charge in [0.05, 0.1) is 17.3 Å². The monoisotopic (exact) mass is 405 g/mol. The molecule has 144 valence electrons. The van der Waals surface area contributed by atoms with Crippen molar-refractivity contribution in [2.45, 2.75) is 12.5 Å². The van der Waals surface area contributed by atoms with Crippen molar-refractivity contribution in [2.24, 2.45) is 12.0 Å². The average Bonchev–Trinajstić information content (AvgIpc) is 2.72. The fourth-order valence-electron chi connectivity index (χ4n) is 3.62. The fraction of sp³-hybridized carbons (Fsp3) is 0.143. The van der Waals surface area contributed by atoms with Gasteiger partial charge < -0.3 is 9.67 Å². The molecule has 2 heterocycles. The Morgan fingerprint density at radius 1 is 1.24 bits per heavy atom. The van der Waals surface area contributed by atoms with Gasteiger partial charge in [0.25, 0.3) is 5.56 Å². The summed E-state index contributed by atoms with van der Waals surface area (Å²) < 4.78 is 1.45. The van der Waals surface area contributed by atoms with E-state index in [9.17, 15) is 15.2 Å². The van der Waals surface area contributed by atoms with Crippen molar-refractivity contribution >= 4 is 34.2 Å². The molecule has 1 aromatic heterocycles. The summed E-state index contributed by atoms with van der Waals surface area (Å²) >= 11 is 5.97. The number of aryl methyl sites for hydroxylation is 1. The van der Waals surface area contributed by atoms with Gasteiger partial charge in [-0.2, -0.15) is 5.26 Å². The van der Waals surface area contributed by atoms with Crippen molar-refractivity contribution in [2.75, 3.05) is 0 Å². The summed E-state index contributed by atoms with van der Waals surface area (Å²) in [4.78, 5) is 18.4. The minimum absolute atomic E-state index is 0.0486. The normalized spacial score (nSPS) is 16.6. The van der Waals surface area contributed by atoms with E-state index in [1.165, 1.54) is 9.47 Å². The molecule has 1 atom stereocenters. The highest BCUT2D eigenvalue weighted by molar-refractivity contribution is 6.30. The van der Waals surface area contributed by atoms with Crippen LogP contribution in [0.2, 0.25) is 5.02 Å². The van der Waals surface area contributed by atoms with Crippen LogP contribution in [-0.2, 0) is 7.05 Å². The molecule has 2 aromatic carbocycles. The molecule has 29 heavy (non-hydrogen) atoms. The third-order valence-electron chi connectivity index (χ3n) is 5.09. The van der Waals surface area contributed by atoms with Gasteiger partial charge in [0.2, 0.25) is 5.96 Å². The van der Waals surface area contributed by atoms with Gasteiger partial charge in [0.15, 0.2) is 6.19 Å².